The molecule has 0 aliphatic carbocycles. The summed E-state index contributed by atoms with van der Waals surface area (Å²) in [7, 11) is 0. The van der Waals surface area contributed by atoms with Crippen LogP contribution in [0, 0.1) is 0 Å². The lowest BCUT2D eigenvalue weighted by Gasteiger charge is -2.16. The molecule has 2 amide bonds. The van der Waals surface area contributed by atoms with Gasteiger partial charge in [-0.15, -0.1) is 0 Å². The normalized spacial score (nSPS) is 12.1. The molecular weight excluding hydrogens is 336 g/mol. The molecule has 0 radical (unpaired) electrons. The average molecular weight is 360 g/mol. The maximum absolute atomic E-state index is 10.9. The number of nitrogens with zero attached hydrogens (tertiary/aromatic N) is 1. The van der Waals surface area contributed by atoms with Gasteiger partial charge >= 0.3 is 6.03 Å². The minimum absolute atomic E-state index is 0.327. The van der Waals surface area contributed by atoms with Gasteiger partial charge in [-0.05, 0) is 49.8 Å². The number of hydrogen-bond donors (Lipinski definition) is 2. The zero-order valence-electron chi connectivity index (χ0n) is 14.9. The van der Waals surface area contributed by atoms with Gasteiger partial charge in [0.1, 0.15) is 17.3 Å². The van der Waals surface area contributed by atoms with Crippen molar-refractivity contribution in [1.82, 2.24) is 5.06 Å². The summed E-state index contributed by atoms with van der Waals surface area (Å²) in [5, 5.41) is 9.84. The van der Waals surface area contributed by atoms with E-state index in [-0.39, 0.29) is 0 Å². The number of amides is 2. The largest absolute Gasteiger partial charge is 0.494 e. The van der Waals surface area contributed by atoms with E-state index in [2.05, 4.69) is 6.92 Å². The molecule has 7 heteroatoms. The number of ether oxygens (including phenoxy) is 2. The summed E-state index contributed by atoms with van der Waals surface area (Å²) in [6, 6.07) is 9.19. The zero-order valence-corrected chi connectivity index (χ0v) is 14.9. The van der Waals surface area contributed by atoms with Crippen LogP contribution in [0.3, 0.4) is 0 Å². The van der Waals surface area contributed by atoms with Gasteiger partial charge in [-0.1, -0.05) is 19.4 Å². The highest BCUT2D eigenvalue weighted by atomic mass is 16.6. The van der Waals surface area contributed by atoms with Gasteiger partial charge in [-0.25, -0.2) is 4.79 Å². The topological polar surface area (TPSA) is 98.2 Å². The van der Waals surface area contributed by atoms with E-state index in [0.29, 0.717) is 29.1 Å². The van der Waals surface area contributed by atoms with E-state index in [1.165, 1.54) is 0 Å². The van der Waals surface area contributed by atoms with Crippen molar-refractivity contribution >= 4 is 12.1 Å². The molecular formula is C19H24N2O5. The first-order valence-corrected chi connectivity index (χ1v) is 8.46. The van der Waals surface area contributed by atoms with Gasteiger partial charge in [0.05, 0.1) is 12.6 Å². The van der Waals surface area contributed by atoms with Gasteiger partial charge in [0, 0.05) is 6.07 Å². The SMILES string of the molecule is CCCCOc1ccc(Oc2ccc(C=CC(C)N(O)C(N)=O)o2)cc1. The van der Waals surface area contributed by atoms with E-state index >= 15 is 0 Å². The lowest BCUT2D eigenvalue weighted by Crippen LogP contribution is -2.38. The highest BCUT2D eigenvalue weighted by molar-refractivity contribution is 5.71. The van der Waals surface area contributed by atoms with Crippen LogP contribution in [-0.4, -0.2) is 29.0 Å². The van der Waals surface area contributed by atoms with Gasteiger partial charge in [-0.2, -0.15) is 5.06 Å². The minimum atomic E-state index is -0.923. The number of nitrogens with two attached hydrogens (primary N) is 1. The van der Waals surface area contributed by atoms with Gasteiger partial charge in [-0.3, -0.25) is 5.21 Å². The number of hydroxylamine groups is 2. The van der Waals surface area contributed by atoms with Crippen LogP contribution < -0.4 is 15.2 Å². The Kier molecular flexibility index (Phi) is 7.11. The average Bonchev–Trinajstić information content (AvgIpc) is 3.08. The van der Waals surface area contributed by atoms with Crippen molar-refractivity contribution in [3.63, 3.8) is 0 Å². The van der Waals surface area contributed by atoms with Crippen LogP contribution in [0.25, 0.3) is 6.08 Å². The zero-order chi connectivity index (χ0) is 18.9. The summed E-state index contributed by atoms with van der Waals surface area (Å²) in [6.45, 7) is 4.43. The second-order valence-corrected chi connectivity index (χ2v) is 5.71. The lowest BCUT2D eigenvalue weighted by molar-refractivity contribution is -0.0560. The van der Waals surface area contributed by atoms with E-state index in [1.807, 2.05) is 12.1 Å². The Morgan fingerprint density at radius 2 is 1.96 bits per heavy atom. The van der Waals surface area contributed by atoms with E-state index in [4.69, 9.17) is 19.6 Å². The van der Waals surface area contributed by atoms with Crippen LogP contribution in [0.15, 0.2) is 46.9 Å². The molecule has 0 fully saturated rings. The van der Waals surface area contributed by atoms with Crippen molar-refractivity contribution in [2.75, 3.05) is 6.61 Å². The summed E-state index contributed by atoms with van der Waals surface area (Å²) < 4.78 is 16.8. The molecule has 1 aromatic carbocycles. The molecule has 2 aromatic rings. The number of primary amides is 1. The van der Waals surface area contributed by atoms with E-state index in [1.54, 1.807) is 43.3 Å². The number of rotatable bonds is 9. The summed E-state index contributed by atoms with van der Waals surface area (Å²) in [6.07, 6.45) is 5.31. The first-order chi connectivity index (χ1) is 12.5. The molecule has 1 aromatic heterocycles. The number of carbonyl (C=O) groups is 1. The third kappa shape index (κ3) is 5.86. The summed E-state index contributed by atoms with van der Waals surface area (Å²) >= 11 is 0. The minimum Gasteiger partial charge on any atom is -0.494 e. The van der Waals surface area contributed by atoms with E-state index in [9.17, 15) is 10.0 Å². The Bertz CT molecular complexity index is 724. The standard InChI is InChI=1S/C19H24N2O5/c1-3-4-13-24-15-7-9-17(10-8-15)26-18-12-11-16(25-18)6-5-14(2)21(23)19(20)22/h5-12,14,23H,3-4,13H2,1-2H3,(H2,20,22). The van der Waals surface area contributed by atoms with Crippen molar-refractivity contribution in [3.8, 4) is 17.4 Å². The predicted molar refractivity (Wildman–Crippen MR) is 97.3 cm³/mol. The molecule has 26 heavy (non-hydrogen) atoms. The van der Waals surface area contributed by atoms with Crippen molar-refractivity contribution in [2.24, 2.45) is 5.73 Å². The maximum atomic E-state index is 10.9. The summed E-state index contributed by atoms with van der Waals surface area (Å²) in [5.74, 6) is 2.27. The summed E-state index contributed by atoms with van der Waals surface area (Å²) in [5.41, 5.74) is 4.99. The van der Waals surface area contributed by atoms with Crippen molar-refractivity contribution in [2.45, 2.75) is 32.7 Å². The fourth-order valence-corrected chi connectivity index (χ4v) is 2.05. The number of unbranched alkanes of at least 4 members (excludes halogenated alkanes) is 1. The van der Waals surface area contributed by atoms with Gasteiger partial charge in [0.15, 0.2) is 0 Å². The highest BCUT2D eigenvalue weighted by Gasteiger charge is 2.12. The molecule has 1 atom stereocenters. The number of furan rings is 1. The molecule has 0 bridgehead atoms. The van der Waals surface area contributed by atoms with Crippen molar-refractivity contribution < 1.29 is 23.9 Å². The molecule has 1 heterocycles. The van der Waals surface area contributed by atoms with Crippen LogP contribution in [0.1, 0.15) is 32.4 Å². The Balaban J connectivity index is 1.90. The Labute approximate surface area is 152 Å². The Hall–Kier alpha value is -2.93. The second-order valence-electron chi connectivity index (χ2n) is 5.71. The molecule has 1 unspecified atom stereocenters. The van der Waals surface area contributed by atoms with Gasteiger partial charge in [0.25, 0.3) is 5.95 Å². The molecule has 140 valence electrons. The highest BCUT2D eigenvalue weighted by Crippen LogP contribution is 2.26. The predicted octanol–water partition coefficient (Wildman–Crippen LogP) is 4.42. The van der Waals surface area contributed by atoms with Crippen LogP contribution in [0.5, 0.6) is 17.4 Å². The van der Waals surface area contributed by atoms with Crippen molar-refractivity contribution in [1.29, 1.82) is 0 Å². The second kappa shape index (κ2) is 9.53. The van der Waals surface area contributed by atoms with E-state index < -0.39 is 12.1 Å². The molecule has 0 saturated carbocycles. The Morgan fingerprint density at radius 1 is 1.27 bits per heavy atom. The number of urea groups is 1. The van der Waals surface area contributed by atoms with Crippen LogP contribution in [0.4, 0.5) is 4.79 Å². The molecule has 0 aliphatic heterocycles. The molecule has 0 spiro atoms. The molecule has 0 aliphatic rings. The fraction of sp³-hybridized carbons (Fsp3) is 0.316. The van der Waals surface area contributed by atoms with Gasteiger partial charge in [0.2, 0.25) is 0 Å². The van der Waals surface area contributed by atoms with Crippen molar-refractivity contribution in [3.05, 3.63) is 48.2 Å². The molecule has 7 nitrogen and oxygen atoms in total. The third-order valence-electron chi connectivity index (χ3n) is 3.56. The number of carbonyl (C=O) groups excluding carboxylic acids is 1. The first-order valence-electron chi connectivity index (χ1n) is 8.46. The summed E-state index contributed by atoms with van der Waals surface area (Å²) in [4.78, 5) is 10.9. The lowest BCUT2D eigenvalue weighted by atomic mass is 10.3. The molecule has 0 saturated heterocycles. The molecule has 3 N–H and O–H groups in total. The van der Waals surface area contributed by atoms with Gasteiger partial charge < -0.3 is 19.6 Å². The number of hydrogen-bond acceptors (Lipinski definition) is 5. The first kappa shape index (κ1) is 19.4. The van der Waals surface area contributed by atoms with E-state index in [0.717, 1.165) is 18.6 Å². The quantitative estimate of drug-likeness (QED) is 0.392. The van der Waals surface area contributed by atoms with Crippen LogP contribution in [0.2, 0.25) is 0 Å². The van der Waals surface area contributed by atoms with Crippen LogP contribution >= 0.6 is 0 Å². The third-order valence-corrected chi connectivity index (χ3v) is 3.56. The monoisotopic (exact) mass is 360 g/mol. The smallest absolute Gasteiger partial charge is 0.339 e. The number of benzene rings is 1. The maximum Gasteiger partial charge on any atom is 0.339 e. The Morgan fingerprint density at radius 3 is 2.62 bits per heavy atom. The van der Waals surface area contributed by atoms with Crippen LogP contribution in [-0.2, 0) is 0 Å². The molecule has 2 rings (SSSR count). The fourth-order valence-electron chi connectivity index (χ4n) is 2.05.